The zero-order valence-electron chi connectivity index (χ0n) is 23.6. The number of aromatic nitrogens is 1. The van der Waals surface area contributed by atoms with Crippen LogP contribution in [-0.4, -0.2) is 30.3 Å². The van der Waals surface area contributed by atoms with Gasteiger partial charge in [-0.1, -0.05) is 70.6 Å². The number of hydrogen-bond donors (Lipinski definition) is 0. The van der Waals surface area contributed by atoms with Gasteiger partial charge in [-0.15, -0.1) is 0 Å². The highest BCUT2D eigenvalue weighted by Gasteiger charge is 2.24. The van der Waals surface area contributed by atoms with Gasteiger partial charge < -0.3 is 4.74 Å². The number of pyridine rings is 1. The first kappa shape index (κ1) is 31.3. The molecule has 1 aromatic heterocycles. The maximum Gasteiger partial charge on any atom is 0.340 e. The molecule has 36 heavy (non-hydrogen) atoms. The average molecular weight is 494 g/mol. The Balaban J connectivity index is 0.000000450. The van der Waals surface area contributed by atoms with Crippen molar-refractivity contribution in [1.29, 1.82) is 5.26 Å². The first-order valence-corrected chi connectivity index (χ1v) is 13.7. The number of nitriles is 1. The van der Waals surface area contributed by atoms with Crippen molar-refractivity contribution in [3.63, 3.8) is 0 Å². The molecule has 0 aliphatic heterocycles. The molecule has 0 N–H and O–H groups in total. The first-order valence-electron chi connectivity index (χ1n) is 13.7. The van der Waals surface area contributed by atoms with Crippen molar-refractivity contribution >= 4 is 23.8 Å². The van der Waals surface area contributed by atoms with E-state index >= 15 is 0 Å². The quantitative estimate of drug-likeness (QED) is 0.229. The Hall–Kier alpha value is -2.74. The van der Waals surface area contributed by atoms with Crippen LogP contribution < -0.4 is 0 Å². The van der Waals surface area contributed by atoms with Crippen LogP contribution in [0.15, 0.2) is 23.3 Å². The number of aliphatic imine (C=N–C) groups is 1. The topological polar surface area (TPSA) is 75.3 Å². The fraction of sp³-hybridized carbons (Fsp3) is 0.613. The van der Waals surface area contributed by atoms with Gasteiger partial charge in [0.25, 0.3) is 0 Å². The Labute approximate surface area is 219 Å². The SMILES string of the molecule is C/C=C(\C=NC)c1c(C(=O)OC(C)C)cnc(C)c1/C=C\CCC.CCCC(CC#N)C1CCCC1. The number of carbonyl (C=O) groups excluding carboxylic acids is 1. The van der Waals surface area contributed by atoms with Crippen molar-refractivity contribution in [2.24, 2.45) is 16.8 Å². The van der Waals surface area contributed by atoms with Crippen LogP contribution in [0.5, 0.6) is 0 Å². The highest BCUT2D eigenvalue weighted by molar-refractivity contribution is 6.14. The largest absolute Gasteiger partial charge is 0.459 e. The monoisotopic (exact) mass is 493 g/mol. The molecule has 1 saturated carbocycles. The molecule has 0 saturated heterocycles. The van der Waals surface area contributed by atoms with Crippen LogP contribution >= 0.6 is 0 Å². The molecule has 1 aromatic rings. The molecule has 0 aromatic carbocycles. The minimum absolute atomic E-state index is 0.181. The van der Waals surface area contributed by atoms with Crippen LogP contribution in [0, 0.1) is 30.1 Å². The molecule has 0 bridgehead atoms. The number of nitrogens with zero attached hydrogens (tertiary/aromatic N) is 3. The molecular weight excluding hydrogens is 446 g/mol. The molecular formula is C31H47N3O2. The van der Waals surface area contributed by atoms with E-state index in [0.717, 1.165) is 47.6 Å². The summed E-state index contributed by atoms with van der Waals surface area (Å²) in [6, 6.07) is 2.33. The minimum atomic E-state index is -0.360. The number of hydrogen-bond acceptors (Lipinski definition) is 5. The van der Waals surface area contributed by atoms with Gasteiger partial charge in [-0.05, 0) is 57.9 Å². The molecule has 0 spiro atoms. The molecule has 1 atom stereocenters. The van der Waals surface area contributed by atoms with Crippen molar-refractivity contribution in [2.45, 2.75) is 105 Å². The van der Waals surface area contributed by atoms with Gasteiger partial charge in [-0.3, -0.25) is 9.98 Å². The predicted octanol–water partition coefficient (Wildman–Crippen LogP) is 8.38. The first-order chi connectivity index (χ1) is 17.3. The Morgan fingerprint density at radius 1 is 1.28 bits per heavy atom. The van der Waals surface area contributed by atoms with Crippen molar-refractivity contribution < 1.29 is 9.53 Å². The van der Waals surface area contributed by atoms with Crippen molar-refractivity contribution in [3.8, 4) is 6.07 Å². The number of unbranched alkanes of at least 4 members (excludes halogenated alkanes) is 1. The van der Waals surface area contributed by atoms with E-state index in [1.165, 1.54) is 38.5 Å². The summed E-state index contributed by atoms with van der Waals surface area (Å²) >= 11 is 0. The molecule has 1 fully saturated rings. The molecule has 2 rings (SSSR count). The molecule has 1 unspecified atom stereocenters. The number of esters is 1. The maximum atomic E-state index is 12.5. The Morgan fingerprint density at radius 3 is 2.50 bits per heavy atom. The normalized spacial score (nSPS) is 15.2. The van der Waals surface area contributed by atoms with E-state index in [-0.39, 0.29) is 12.1 Å². The van der Waals surface area contributed by atoms with Gasteiger partial charge in [0.05, 0.1) is 17.7 Å². The van der Waals surface area contributed by atoms with Crippen molar-refractivity contribution in [2.75, 3.05) is 7.05 Å². The molecule has 5 nitrogen and oxygen atoms in total. The second-order valence-corrected chi connectivity index (χ2v) is 9.78. The summed E-state index contributed by atoms with van der Waals surface area (Å²) in [5.74, 6) is 1.23. The molecule has 0 amide bonds. The van der Waals surface area contributed by atoms with Crippen LogP contribution in [0.25, 0.3) is 11.6 Å². The summed E-state index contributed by atoms with van der Waals surface area (Å²) < 4.78 is 5.40. The minimum Gasteiger partial charge on any atom is -0.459 e. The molecule has 1 aliphatic carbocycles. The third-order valence-electron chi connectivity index (χ3n) is 6.57. The van der Waals surface area contributed by atoms with Crippen LogP contribution in [0.3, 0.4) is 0 Å². The van der Waals surface area contributed by atoms with E-state index in [1.807, 2.05) is 39.8 Å². The van der Waals surface area contributed by atoms with E-state index in [4.69, 9.17) is 10.00 Å². The Kier molecular flexibility index (Phi) is 15.3. The molecule has 0 radical (unpaired) electrons. The summed E-state index contributed by atoms with van der Waals surface area (Å²) in [5, 5.41) is 8.67. The lowest BCUT2D eigenvalue weighted by atomic mass is 9.85. The summed E-state index contributed by atoms with van der Waals surface area (Å²) in [5.41, 5.74) is 4.00. The van der Waals surface area contributed by atoms with Gasteiger partial charge >= 0.3 is 5.97 Å². The molecule has 1 heterocycles. The van der Waals surface area contributed by atoms with Crippen LogP contribution in [0.1, 0.15) is 120 Å². The van der Waals surface area contributed by atoms with Crippen LogP contribution in [0.4, 0.5) is 0 Å². The summed E-state index contributed by atoms with van der Waals surface area (Å²) in [6.07, 6.45) is 20.2. The average Bonchev–Trinajstić information content (AvgIpc) is 3.38. The van der Waals surface area contributed by atoms with E-state index < -0.39 is 0 Å². The van der Waals surface area contributed by atoms with Gasteiger partial charge in [0, 0.05) is 42.7 Å². The van der Waals surface area contributed by atoms with Gasteiger partial charge in [-0.25, -0.2) is 4.79 Å². The fourth-order valence-corrected chi connectivity index (χ4v) is 4.78. The number of allylic oxidation sites excluding steroid dienone is 3. The van der Waals surface area contributed by atoms with Crippen molar-refractivity contribution in [1.82, 2.24) is 4.98 Å². The smallest absolute Gasteiger partial charge is 0.340 e. The molecule has 198 valence electrons. The second kappa shape index (κ2) is 17.7. The van der Waals surface area contributed by atoms with Gasteiger partial charge in [0.2, 0.25) is 0 Å². The molecule has 5 heteroatoms. The second-order valence-electron chi connectivity index (χ2n) is 9.78. The van der Waals surface area contributed by atoms with E-state index in [2.05, 4.69) is 36.0 Å². The lowest BCUT2D eigenvalue weighted by molar-refractivity contribution is 0.0377. The third kappa shape index (κ3) is 10.1. The van der Waals surface area contributed by atoms with Gasteiger partial charge in [0.15, 0.2) is 0 Å². The number of aryl methyl sites for hydroxylation is 1. The van der Waals surface area contributed by atoms with Gasteiger partial charge in [0.1, 0.15) is 0 Å². The van der Waals surface area contributed by atoms with E-state index in [1.54, 1.807) is 19.5 Å². The zero-order chi connectivity index (χ0) is 26.9. The third-order valence-corrected chi connectivity index (χ3v) is 6.57. The summed E-state index contributed by atoms with van der Waals surface area (Å²) in [4.78, 5) is 21.1. The summed E-state index contributed by atoms with van der Waals surface area (Å²) in [6.45, 7) is 11.9. The maximum absolute atomic E-state index is 12.5. The number of rotatable bonds is 11. The fourth-order valence-electron chi connectivity index (χ4n) is 4.78. The highest BCUT2D eigenvalue weighted by Crippen LogP contribution is 2.35. The van der Waals surface area contributed by atoms with Crippen molar-refractivity contribution in [3.05, 3.63) is 40.7 Å². The summed E-state index contributed by atoms with van der Waals surface area (Å²) in [7, 11) is 1.72. The Morgan fingerprint density at radius 2 is 1.97 bits per heavy atom. The highest BCUT2D eigenvalue weighted by atomic mass is 16.5. The lowest BCUT2D eigenvalue weighted by Crippen LogP contribution is -2.15. The number of carbonyl (C=O) groups is 1. The van der Waals surface area contributed by atoms with Gasteiger partial charge in [-0.2, -0.15) is 5.26 Å². The zero-order valence-corrected chi connectivity index (χ0v) is 23.6. The predicted molar refractivity (Wildman–Crippen MR) is 152 cm³/mol. The Bertz CT molecular complexity index is 932. The van der Waals surface area contributed by atoms with E-state index in [9.17, 15) is 4.79 Å². The lowest BCUT2D eigenvalue weighted by Gasteiger charge is -2.19. The van der Waals surface area contributed by atoms with Crippen LogP contribution in [-0.2, 0) is 4.74 Å². The molecule has 1 aliphatic rings. The number of ether oxygens (including phenoxy) is 1. The van der Waals surface area contributed by atoms with E-state index in [0.29, 0.717) is 11.5 Å². The standard InChI is InChI=1S/C20H28N2O2.C11H19N/c1-7-9-10-11-17-15(5)22-13-18(20(23)24-14(3)4)19(17)16(8-2)12-21-6;1-2-5-10(8-9-12)11-6-3-4-7-11/h8,10-14H,7,9H2,1-6H3;10-11H,2-8H2,1H3/b11-10-,16-8+,21-12?;. The van der Waals surface area contributed by atoms with Crippen LogP contribution in [0.2, 0.25) is 0 Å².